The number of aromatic nitrogens is 1. The number of likely N-dealkylation sites (tertiary alicyclic amines) is 1. The van der Waals surface area contributed by atoms with Crippen LogP contribution in [-0.2, 0) is 16.1 Å². The monoisotopic (exact) mass is 433 g/mol. The fourth-order valence-electron chi connectivity index (χ4n) is 4.57. The summed E-state index contributed by atoms with van der Waals surface area (Å²) in [7, 11) is 1.65. The topological polar surface area (TPSA) is 63.6 Å². The van der Waals surface area contributed by atoms with Crippen LogP contribution < -0.4 is 10.1 Å². The van der Waals surface area contributed by atoms with Gasteiger partial charge in [0.1, 0.15) is 12.3 Å². The van der Waals surface area contributed by atoms with Crippen molar-refractivity contribution < 1.29 is 14.3 Å². The molecule has 0 bridgehead atoms. The zero-order valence-corrected chi connectivity index (χ0v) is 18.8. The molecule has 1 aromatic heterocycles. The summed E-state index contributed by atoms with van der Waals surface area (Å²) in [6.45, 7) is 3.70. The molecule has 4 rings (SSSR count). The summed E-state index contributed by atoms with van der Waals surface area (Å²) in [5.74, 6) is 0.901. The zero-order chi connectivity index (χ0) is 22.5. The van der Waals surface area contributed by atoms with E-state index in [2.05, 4.69) is 12.2 Å². The molecule has 3 aromatic rings. The maximum Gasteiger partial charge on any atom is 0.240 e. The Bertz CT molecular complexity index is 1070. The number of fused-ring (bicyclic) bond motifs is 1. The van der Waals surface area contributed by atoms with Crippen molar-refractivity contribution in [3.63, 3.8) is 0 Å². The molecule has 1 aliphatic rings. The van der Waals surface area contributed by atoms with Crippen LogP contribution in [0.2, 0.25) is 0 Å². The van der Waals surface area contributed by atoms with Crippen LogP contribution in [0.25, 0.3) is 10.9 Å². The van der Waals surface area contributed by atoms with Gasteiger partial charge in [0, 0.05) is 36.2 Å². The Hall–Kier alpha value is -3.28. The molecular formula is C26H31N3O3. The molecule has 1 saturated heterocycles. The van der Waals surface area contributed by atoms with Gasteiger partial charge < -0.3 is 19.5 Å². The quantitative estimate of drug-likeness (QED) is 0.614. The molecule has 32 heavy (non-hydrogen) atoms. The van der Waals surface area contributed by atoms with E-state index in [0.29, 0.717) is 13.1 Å². The van der Waals surface area contributed by atoms with Gasteiger partial charge in [0.05, 0.1) is 13.0 Å². The van der Waals surface area contributed by atoms with Crippen molar-refractivity contribution in [3.8, 4) is 5.75 Å². The van der Waals surface area contributed by atoms with E-state index in [4.69, 9.17) is 4.74 Å². The van der Waals surface area contributed by atoms with E-state index in [1.54, 1.807) is 7.11 Å². The number of amides is 2. The van der Waals surface area contributed by atoms with E-state index in [1.165, 1.54) is 0 Å². The van der Waals surface area contributed by atoms with Crippen molar-refractivity contribution >= 4 is 22.7 Å². The van der Waals surface area contributed by atoms with Crippen molar-refractivity contribution in [1.29, 1.82) is 0 Å². The van der Waals surface area contributed by atoms with Crippen molar-refractivity contribution in [2.75, 3.05) is 20.2 Å². The van der Waals surface area contributed by atoms with Gasteiger partial charge in [-0.2, -0.15) is 0 Å². The van der Waals surface area contributed by atoms with E-state index in [1.807, 2.05) is 70.3 Å². The highest BCUT2D eigenvalue weighted by Gasteiger charge is 2.28. The highest BCUT2D eigenvalue weighted by molar-refractivity contribution is 5.85. The highest BCUT2D eigenvalue weighted by Crippen LogP contribution is 2.24. The normalized spacial score (nSPS) is 15.5. The first-order chi connectivity index (χ1) is 15.6. The third kappa shape index (κ3) is 4.79. The maximum atomic E-state index is 13.1. The summed E-state index contributed by atoms with van der Waals surface area (Å²) >= 11 is 0. The van der Waals surface area contributed by atoms with E-state index in [0.717, 1.165) is 41.5 Å². The van der Waals surface area contributed by atoms with E-state index in [-0.39, 0.29) is 30.3 Å². The van der Waals surface area contributed by atoms with Gasteiger partial charge in [-0.25, -0.2) is 0 Å². The fourth-order valence-corrected chi connectivity index (χ4v) is 4.57. The molecule has 1 unspecified atom stereocenters. The molecule has 168 valence electrons. The molecule has 1 atom stereocenters. The summed E-state index contributed by atoms with van der Waals surface area (Å²) in [5.41, 5.74) is 2.08. The Morgan fingerprint density at radius 2 is 1.84 bits per heavy atom. The van der Waals surface area contributed by atoms with Crippen LogP contribution in [0.1, 0.15) is 37.7 Å². The molecule has 0 saturated carbocycles. The largest absolute Gasteiger partial charge is 0.497 e. The summed E-state index contributed by atoms with van der Waals surface area (Å²) < 4.78 is 7.22. The van der Waals surface area contributed by atoms with Crippen molar-refractivity contribution in [2.45, 2.75) is 44.7 Å². The lowest BCUT2D eigenvalue weighted by Crippen LogP contribution is -2.48. The molecule has 0 spiro atoms. The van der Waals surface area contributed by atoms with Gasteiger partial charge >= 0.3 is 0 Å². The van der Waals surface area contributed by atoms with Gasteiger partial charge in [-0.3, -0.25) is 9.59 Å². The van der Waals surface area contributed by atoms with Crippen LogP contribution >= 0.6 is 0 Å². The number of piperidine rings is 1. The standard InChI is InChI=1S/C26H31N3O3/c1-3-23(19-7-5-4-6-8-19)26(31)28-15-12-21(13-16-28)27-25(30)18-29-14-11-20-17-22(32-2)9-10-24(20)29/h4-11,14,17,21,23H,3,12-13,15-16,18H2,1-2H3,(H,27,30). The van der Waals surface area contributed by atoms with Crippen LogP contribution in [0.15, 0.2) is 60.8 Å². The number of benzene rings is 2. The Kier molecular flexibility index (Phi) is 6.78. The third-order valence-electron chi connectivity index (χ3n) is 6.37. The van der Waals surface area contributed by atoms with Gasteiger partial charge in [-0.1, -0.05) is 37.3 Å². The summed E-state index contributed by atoms with van der Waals surface area (Å²) in [4.78, 5) is 27.7. The van der Waals surface area contributed by atoms with Gasteiger partial charge in [0.25, 0.3) is 0 Å². The third-order valence-corrected chi connectivity index (χ3v) is 6.37. The minimum atomic E-state index is -0.0945. The number of hydrogen-bond acceptors (Lipinski definition) is 3. The van der Waals surface area contributed by atoms with Gasteiger partial charge in [-0.15, -0.1) is 0 Å². The maximum absolute atomic E-state index is 13.1. The fraction of sp³-hybridized carbons (Fsp3) is 0.385. The number of methoxy groups -OCH3 is 1. The first-order valence-electron chi connectivity index (χ1n) is 11.3. The SMILES string of the molecule is CCC(C(=O)N1CCC(NC(=O)Cn2ccc3cc(OC)ccc32)CC1)c1ccccc1. The van der Waals surface area contributed by atoms with Crippen LogP contribution in [0, 0.1) is 0 Å². The van der Waals surface area contributed by atoms with Gasteiger partial charge in [0.2, 0.25) is 11.8 Å². The summed E-state index contributed by atoms with van der Waals surface area (Å²) in [6.07, 6.45) is 4.29. The smallest absolute Gasteiger partial charge is 0.240 e. The second-order valence-electron chi connectivity index (χ2n) is 8.41. The number of rotatable bonds is 7. The van der Waals surface area contributed by atoms with Crippen LogP contribution in [-0.4, -0.2) is 47.5 Å². The molecule has 6 nitrogen and oxygen atoms in total. The van der Waals surface area contributed by atoms with Crippen molar-refractivity contribution in [3.05, 3.63) is 66.4 Å². The molecule has 2 heterocycles. The van der Waals surface area contributed by atoms with E-state index in [9.17, 15) is 9.59 Å². The Labute approximate surface area is 189 Å². The Morgan fingerprint density at radius 1 is 1.09 bits per heavy atom. The highest BCUT2D eigenvalue weighted by atomic mass is 16.5. The van der Waals surface area contributed by atoms with Crippen molar-refractivity contribution in [1.82, 2.24) is 14.8 Å². The summed E-state index contributed by atoms with van der Waals surface area (Å²) in [6, 6.07) is 17.9. The lowest BCUT2D eigenvalue weighted by atomic mass is 9.93. The molecule has 1 fully saturated rings. The molecule has 2 amide bonds. The minimum absolute atomic E-state index is 0.00110. The van der Waals surface area contributed by atoms with Gasteiger partial charge in [0.15, 0.2) is 0 Å². The van der Waals surface area contributed by atoms with Crippen LogP contribution in [0.5, 0.6) is 5.75 Å². The average molecular weight is 434 g/mol. The second kappa shape index (κ2) is 9.90. The number of ether oxygens (including phenoxy) is 1. The van der Waals surface area contributed by atoms with E-state index >= 15 is 0 Å². The Balaban J connectivity index is 1.30. The number of carbonyl (C=O) groups excluding carboxylic acids is 2. The number of carbonyl (C=O) groups is 2. The molecule has 1 N–H and O–H groups in total. The molecule has 0 aliphatic carbocycles. The number of nitrogens with zero attached hydrogens (tertiary/aromatic N) is 2. The lowest BCUT2D eigenvalue weighted by molar-refractivity contribution is -0.134. The van der Waals surface area contributed by atoms with Crippen molar-refractivity contribution in [2.24, 2.45) is 0 Å². The second-order valence-corrected chi connectivity index (χ2v) is 8.41. The van der Waals surface area contributed by atoms with Gasteiger partial charge in [-0.05, 0) is 49.1 Å². The molecular weight excluding hydrogens is 402 g/mol. The minimum Gasteiger partial charge on any atom is -0.497 e. The molecule has 6 heteroatoms. The van der Waals surface area contributed by atoms with Crippen LogP contribution in [0.3, 0.4) is 0 Å². The molecule has 2 aromatic carbocycles. The number of nitrogens with one attached hydrogen (secondary N) is 1. The Morgan fingerprint density at radius 3 is 2.53 bits per heavy atom. The molecule has 0 radical (unpaired) electrons. The first kappa shape index (κ1) is 21.9. The number of hydrogen-bond donors (Lipinski definition) is 1. The average Bonchev–Trinajstić information content (AvgIpc) is 3.22. The summed E-state index contributed by atoms with van der Waals surface area (Å²) in [5, 5.41) is 4.21. The zero-order valence-electron chi connectivity index (χ0n) is 18.8. The first-order valence-corrected chi connectivity index (χ1v) is 11.3. The van der Waals surface area contributed by atoms with Crippen LogP contribution in [0.4, 0.5) is 0 Å². The molecule has 1 aliphatic heterocycles. The van der Waals surface area contributed by atoms with E-state index < -0.39 is 0 Å². The predicted molar refractivity (Wildman–Crippen MR) is 126 cm³/mol. The predicted octanol–water partition coefficient (Wildman–Crippen LogP) is 3.95. The lowest BCUT2D eigenvalue weighted by Gasteiger charge is -2.34.